The molecule has 1 atom stereocenters. The number of nitrogens with one attached hydrogen (secondary N) is 1. The van der Waals surface area contributed by atoms with Crippen LogP contribution >= 0.6 is 0 Å². The summed E-state index contributed by atoms with van der Waals surface area (Å²) in [6.45, 7) is 4.66. The summed E-state index contributed by atoms with van der Waals surface area (Å²) in [5.74, 6) is 0.883. The van der Waals surface area contributed by atoms with Gasteiger partial charge in [-0.15, -0.1) is 5.11 Å². The lowest BCUT2D eigenvalue weighted by molar-refractivity contribution is 0.136. The number of benzene rings is 1. The number of pyridine rings is 1. The third-order valence-electron chi connectivity index (χ3n) is 4.16. The molecule has 27 heavy (non-hydrogen) atoms. The fraction of sp³-hybridized carbons (Fsp3) is 0.400. The molecule has 2 aromatic rings. The topological polar surface area (TPSA) is 102 Å². The van der Waals surface area contributed by atoms with Crippen LogP contribution in [0, 0.1) is 5.92 Å². The molecule has 0 aliphatic carbocycles. The van der Waals surface area contributed by atoms with Crippen LogP contribution in [0.3, 0.4) is 0 Å². The molecule has 0 saturated heterocycles. The van der Waals surface area contributed by atoms with E-state index in [0.717, 1.165) is 31.4 Å². The maximum absolute atomic E-state index is 12.0. The number of hydrogen-bond acceptors (Lipinski definition) is 6. The Morgan fingerprint density at radius 1 is 1.19 bits per heavy atom. The zero-order valence-electron chi connectivity index (χ0n) is 15.9. The van der Waals surface area contributed by atoms with Crippen molar-refractivity contribution in [1.29, 1.82) is 0 Å². The van der Waals surface area contributed by atoms with E-state index in [1.165, 1.54) is 0 Å². The standard InChI is InChI=1S/C20H27N5O2/c1-3-5-9-15(4-2)14-27-20(26)23-18-13-12-17(19(21)22-18)25-24-16-10-7-6-8-11-16/h6-8,10-13,15H,3-5,9,14H2,1-2H3,(H3,21,22,23,26)/b25-24+. The second kappa shape index (κ2) is 10.9. The maximum Gasteiger partial charge on any atom is 0.412 e. The van der Waals surface area contributed by atoms with Gasteiger partial charge in [0.1, 0.15) is 11.5 Å². The second-order valence-electron chi connectivity index (χ2n) is 6.28. The van der Waals surface area contributed by atoms with E-state index in [9.17, 15) is 4.79 Å². The zero-order valence-corrected chi connectivity index (χ0v) is 15.9. The highest BCUT2D eigenvalue weighted by Gasteiger charge is 2.11. The molecule has 1 amide bonds. The Morgan fingerprint density at radius 2 is 1.96 bits per heavy atom. The van der Waals surface area contributed by atoms with Gasteiger partial charge >= 0.3 is 6.09 Å². The first-order chi connectivity index (χ1) is 13.1. The number of hydrogen-bond donors (Lipinski definition) is 2. The Labute approximate surface area is 160 Å². The number of nitrogens with zero attached hydrogens (tertiary/aromatic N) is 3. The number of ether oxygens (including phenoxy) is 1. The van der Waals surface area contributed by atoms with Crippen molar-refractivity contribution < 1.29 is 9.53 Å². The lowest BCUT2D eigenvalue weighted by atomic mass is 10.0. The summed E-state index contributed by atoms with van der Waals surface area (Å²) in [7, 11) is 0. The van der Waals surface area contributed by atoms with Crippen molar-refractivity contribution in [2.24, 2.45) is 16.1 Å². The van der Waals surface area contributed by atoms with Crippen molar-refractivity contribution in [3.8, 4) is 0 Å². The summed E-state index contributed by atoms with van der Waals surface area (Å²) in [6, 6.07) is 12.6. The fourth-order valence-electron chi connectivity index (χ4n) is 2.46. The van der Waals surface area contributed by atoms with E-state index in [0.29, 0.717) is 24.0 Å². The largest absolute Gasteiger partial charge is 0.449 e. The molecule has 144 valence electrons. The van der Waals surface area contributed by atoms with Crippen molar-refractivity contribution in [1.82, 2.24) is 4.98 Å². The van der Waals surface area contributed by atoms with Crippen LogP contribution in [0.4, 0.5) is 27.8 Å². The number of carbonyl (C=O) groups excluding carboxylic acids is 1. The van der Waals surface area contributed by atoms with Crippen LogP contribution < -0.4 is 11.1 Å². The molecule has 0 saturated carbocycles. The minimum atomic E-state index is -0.532. The predicted molar refractivity (Wildman–Crippen MR) is 108 cm³/mol. The van der Waals surface area contributed by atoms with Gasteiger partial charge in [0, 0.05) is 0 Å². The molecule has 2 rings (SSSR count). The molecule has 1 aromatic carbocycles. The average Bonchev–Trinajstić information content (AvgIpc) is 2.68. The highest BCUT2D eigenvalue weighted by Crippen LogP contribution is 2.24. The number of amides is 1. The van der Waals surface area contributed by atoms with Gasteiger partial charge in [-0.1, -0.05) is 51.3 Å². The van der Waals surface area contributed by atoms with Crippen LogP contribution in [0.5, 0.6) is 0 Å². The van der Waals surface area contributed by atoms with Gasteiger partial charge in [0.2, 0.25) is 0 Å². The van der Waals surface area contributed by atoms with Crippen LogP contribution in [0.15, 0.2) is 52.7 Å². The summed E-state index contributed by atoms with van der Waals surface area (Å²) < 4.78 is 5.30. The zero-order chi connectivity index (χ0) is 19.5. The third kappa shape index (κ3) is 7.05. The molecule has 1 aromatic heterocycles. The highest BCUT2D eigenvalue weighted by atomic mass is 16.5. The number of nitrogen functional groups attached to an aromatic ring is 1. The number of rotatable bonds is 9. The summed E-state index contributed by atoms with van der Waals surface area (Å²) in [5.41, 5.74) is 7.06. The van der Waals surface area contributed by atoms with Crippen molar-refractivity contribution in [2.75, 3.05) is 17.7 Å². The van der Waals surface area contributed by atoms with Crippen LogP contribution in [0.25, 0.3) is 0 Å². The number of anilines is 2. The lowest BCUT2D eigenvalue weighted by Crippen LogP contribution is -2.19. The van der Waals surface area contributed by atoms with Gasteiger partial charge in [-0.3, -0.25) is 5.32 Å². The van der Waals surface area contributed by atoms with E-state index in [2.05, 4.69) is 34.4 Å². The number of nitrogens with two attached hydrogens (primary N) is 1. The number of azo groups is 1. The van der Waals surface area contributed by atoms with Crippen molar-refractivity contribution in [2.45, 2.75) is 39.5 Å². The lowest BCUT2D eigenvalue weighted by Gasteiger charge is -2.14. The van der Waals surface area contributed by atoms with Gasteiger partial charge in [0.15, 0.2) is 5.82 Å². The average molecular weight is 369 g/mol. The number of carbonyl (C=O) groups is 1. The fourth-order valence-corrected chi connectivity index (χ4v) is 2.46. The number of unbranched alkanes of at least 4 members (excludes halogenated alkanes) is 1. The second-order valence-corrected chi connectivity index (χ2v) is 6.28. The van der Waals surface area contributed by atoms with Gasteiger partial charge < -0.3 is 10.5 Å². The first kappa shape index (κ1) is 20.4. The van der Waals surface area contributed by atoms with Crippen molar-refractivity contribution in [3.63, 3.8) is 0 Å². The Morgan fingerprint density at radius 3 is 2.63 bits per heavy atom. The SMILES string of the molecule is CCCCC(CC)COC(=O)Nc1ccc(/N=N/c2ccccc2)c(N)n1. The molecular formula is C20H27N5O2. The van der Waals surface area contributed by atoms with Gasteiger partial charge in [0.25, 0.3) is 0 Å². The molecular weight excluding hydrogens is 342 g/mol. The molecule has 1 heterocycles. The normalized spacial score (nSPS) is 12.1. The van der Waals surface area contributed by atoms with E-state index in [4.69, 9.17) is 10.5 Å². The molecule has 1 unspecified atom stereocenters. The first-order valence-electron chi connectivity index (χ1n) is 9.29. The van der Waals surface area contributed by atoms with E-state index in [1.807, 2.05) is 30.3 Å². The van der Waals surface area contributed by atoms with Crippen LogP contribution in [0.1, 0.15) is 39.5 Å². The molecule has 0 bridgehead atoms. The van der Waals surface area contributed by atoms with Crippen LogP contribution in [-0.4, -0.2) is 17.7 Å². The van der Waals surface area contributed by atoms with Gasteiger partial charge in [-0.25, -0.2) is 9.78 Å². The Bertz CT molecular complexity index is 749. The van der Waals surface area contributed by atoms with Gasteiger partial charge in [-0.2, -0.15) is 5.11 Å². The highest BCUT2D eigenvalue weighted by molar-refractivity contribution is 5.84. The molecule has 0 aliphatic heterocycles. The van der Waals surface area contributed by atoms with Crippen LogP contribution in [-0.2, 0) is 4.74 Å². The molecule has 7 nitrogen and oxygen atoms in total. The van der Waals surface area contributed by atoms with Crippen molar-refractivity contribution in [3.05, 3.63) is 42.5 Å². The maximum atomic E-state index is 12.0. The third-order valence-corrected chi connectivity index (χ3v) is 4.16. The molecule has 0 aliphatic rings. The minimum absolute atomic E-state index is 0.182. The molecule has 0 spiro atoms. The van der Waals surface area contributed by atoms with Crippen LogP contribution in [0.2, 0.25) is 0 Å². The monoisotopic (exact) mass is 369 g/mol. The quantitative estimate of drug-likeness (QED) is 0.542. The van der Waals surface area contributed by atoms with Gasteiger partial charge in [-0.05, 0) is 36.6 Å². The summed E-state index contributed by atoms with van der Waals surface area (Å²) in [4.78, 5) is 16.1. The molecule has 3 N–H and O–H groups in total. The molecule has 0 fully saturated rings. The summed E-state index contributed by atoms with van der Waals surface area (Å²) in [6.07, 6.45) is 3.79. The summed E-state index contributed by atoms with van der Waals surface area (Å²) >= 11 is 0. The Kier molecular flexibility index (Phi) is 8.22. The van der Waals surface area contributed by atoms with E-state index in [1.54, 1.807) is 12.1 Å². The predicted octanol–water partition coefficient (Wildman–Crippen LogP) is 5.84. The number of aromatic nitrogens is 1. The smallest absolute Gasteiger partial charge is 0.412 e. The Hall–Kier alpha value is -2.96. The molecule has 7 heteroatoms. The van der Waals surface area contributed by atoms with Crippen molar-refractivity contribution >= 4 is 29.1 Å². The van der Waals surface area contributed by atoms with E-state index in [-0.39, 0.29) is 5.82 Å². The molecule has 0 radical (unpaired) electrons. The minimum Gasteiger partial charge on any atom is -0.449 e. The summed E-state index contributed by atoms with van der Waals surface area (Å²) in [5, 5.41) is 10.8. The first-order valence-corrected chi connectivity index (χ1v) is 9.29. The van der Waals surface area contributed by atoms with E-state index >= 15 is 0 Å². The van der Waals surface area contributed by atoms with E-state index < -0.39 is 6.09 Å². The Balaban J connectivity index is 1.89. The van der Waals surface area contributed by atoms with Gasteiger partial charge in [0.05, 0.1) is 12.3 Å².